The van der Waals surface area contributed by atoms with Crippen LogP contribution in [0.2, 0.25) is 0 Å². The second-order valence-corrected chi connectivity index (χ2v) is 4.19. The Morgan fingerprint density at radius 2 is 2.27 bits per heavy atom. The van der Waals surface area contributed by atoms with Crippen molar-refractivity contribution in [1.29, 1.82) is 0 Å². The molecule has 0 amide bonds. The van der Waals surface area contributed by atoms with Crippen LogP contribution >= 0.6 is 0 Å². The first kappa shape index (κ1) is 10.5. The molecule has 0 spiro atoms. The highest BCUT2D eigenvalue weighted by atomic mass is 16.5. The summed E-state index contributed by atoms with van der Waals surface area (Å²) >= 11 is 0. The average Bonchev–Trinajstić information content (AvgIpc) is 2.18. The highest BCUT2D eigenvalue weighted by molar-refractivity contribution is 5.34. The Bertz CT molecular complexity index is 331. The second-order valence-electron chi connectivity index (χ2n) is 4.19. The first-order chi connectivity index (χ1) is 7.29. The van der Waals surface area contributed by atoms with Crippen molar-refractivity contribution in [3.63, 3.8) is 0 Å². The monoisotopic (exact) mass is 205 g/mol. The van der Waals surface area contributed by atoms with E-state index in [-0.39, 0.29) is 0 Å². The Kier molecular flexibility index (Phi) is 3.27. The normalized spacial score (nSPS) is 19.7. The van der Waals surface area contributed by atoms with Gasteiger partial charge in [0.15, 0.2) is 0 Å². The summed E-state index contributed by atoms with van der Waals surface area (Å²) in [6, 6.07) is 6.93. The Labute approximate surface area is 91.6 Å². The lowest BCUT2D eigenvalue weighted by Crippen LogP contribution is -2.46. The van der Waals surface area contributed by atoms with Crippen molar-refractivity contribution in [2.75, 3.05) is 13.2 Å². The third-order valence-electron chi connectivity index (χ3n) is 3.08. The summed E-state index contributed by atoms with van der Waals surface area (Å²) in [6.45, 7) is 6.27. The summed E-state index contributed by atoms with van der Waals surface area (Å²) in [5.74, 6) is 1.01. The maximum Gasteiger partial charge on any atom is 0.119 e. The molecule has 0 aliphatic carbocycles. The topological polar surface area (TPSA) is 21.3 Å². The third kappa shape index (κ3) is 2.51. The van der Waals surface area contributed by atoms with Gasteiger partial charge in [0.1, 0.15) is 12.4 Å². The third-order valence-corrected chi connectivity index (χ3v) is 3.08. The van der Waals surface area contributed by atoms with Crippen LogP contribution in [-0.4, -0.2) is 19.2 Å². The van der Waals surface area contributed by atoms with Gasteiger partial charge in [0.2, 0.25) is 0 Å². The largest absolute Gasteiger partial charge is 0.492 e. The minimum Gasteiger partial charge on any atom is -0.492 e. The molecule has 2 heteroatoms. The molecule has 2 rings (SSSR count). The Balaban J connectivity index is 1.95. The van der Waals surface area contributed by atoms with Crippen LogP contribution in [0.4, 0.5) is 0 Å². The molecule has 0 bridgehead atoms. The van der Waals surface area contributed by atoms with Crippen molar-refractivity contribution < 1.29 is 4.74 Å². The number of benzene rings is 1. The van der Waals surface area contributed by atoms with Crippen LogP contribution in [0.5, 0.6) is 5.75 Å². The number of hydrogen-bond donors (Lipinski definition) is 1. The van der Waals surface area contributed by atoms with E-state index in [1.54, 1.807) is 0 Å². The molecule has 15 heavy (non-hydrogen) atoms. The number of nitrogens with one attached hydrogen (secondary N) is 1. The lowest BCUT2D eigenvalue weighted by molar-refractivity contribution is 0.217. The molecule has 0 aromatic heterocycles. The zero-order valence-electron chi connectivity index (χ0n) is 9.55. The van der Waals surface area contributed by atoms with Gasteiger partial charge in [0.05, 0.1) is 0 Å². The molecule has 1 aromatic rings. The van der Waals surface area contributed by atoms with Gasteiger partial charge in [0.25, 0.3) is 0 Å². The molecule has 1 atom stereocenters. The van der Waals surface area contributed by atoms with Crippen LogP contribution in [0.15, 0.2) is 18.2 Å². The molecule has 1 N–H and O–H groups in total. The predicted molar refractivity (Wildman–Crippen MR) is 62.5 cm³/mol. The van der Waals surface area contributed by atoms with Gasteiger partial charge in [-0.05, 0) is 49.6 Å². The molecule has 1 saturated heterocycles. The first-order valence-corrected chi connectivity index (χ1v) is 5.75. The van der Waals surface area contributed by atoms with Crippen LogP contribution in [-0.2, 0) is 6.42 Å². The summed E-state index contributed by atoms with van der Waals surface area (Å²) in [5, 5.41) is 3.33. The first-order valence-electron chi connectivity index (χ1n) is 5.75. The smallest absolute Gasteiger partial charge is 0.119 e. The Morgan fingerprint density at radius 3 is 2.87 bits per heavy atom. The van der Waals surface area contributed by atoms with Gasteiger partial charge in [-0.2, -0.15) is 0 Å². The average molecular weight is 205 g/mol. The van der Waals surface area contributed by atoms with Gasteiger partial charge >= 0.3 is 0 Å². The molecule has 1 unspecified atom stereocenters. The number of rotatable bonds is 4. The van der Waals surface area contributed by atoms with Gasteiger partial charge in [-0.1, -0.05) is 13.0 Å². The molecule has 0 saturated carbocycles. The molecule has 1 fully saturated rings. The van der Waals surface area contributed by atoms with E-state index in [0.717, 1.165) is 25.3 Å². The number of hydrogen-bond acceptors (Lipinski definition) is 2. The molecule has 1 aliphatic rings. The molecular formula is C13H19NO. The van der Waals surface area contributed by atoms with E-state index in [1.165, 1.54) is 17.5 Å². The van der Waals surface area contributed by atoms with Gasteiger partial charge in [-0.25, -0.2) is 0 Å². The standard InChI is InChI=1S/C13H19NO/c1-3-11-8-13(5-4-10(11)2)15-9-12-6-7-14-12/h4-5,8,12,14H,3,6-7,9H2,1-2H3. The summed E-state index contributed by atoms with van der Waals surface area (Å²) in [6.07, 6.45) is 2.32. The molecule has 1 aliphatic heterocycles. The molecule has 1 heterocycles. The van der Waals surface area contributed by atoms with Gasteiger partial charge in [-0.15, -0.1) is 0 Å². The summed E-state index contributed by atoms with van der Waals surface area (Å²) in [4.78, 5) is 0. The molecule has 2 nitrogen and oxygen atoms in total. The van der Waals surface area contributed by atoms with Crippen LogP contribution in [0.3, 0.4) is 0 Å². The van der Waals surface area contributed by atoms with E-state index in [9.17, 15) is 0 Å². The van der Waals surface area contributed by atoms with E-state index >= 15 is 0 Å². The van der Waals surface area contributed by atoms with Crippen LogP contribution in [0.1, 0.15) is 24.5 Å². The molecule has 82 valence electrons. The van der Waals surface area contributed by atoms with Crippen LogP contribution in [0, 0.1) is 6.92 Å². The fourth-order valence-corrected chi connectivity index (χ4v) is 1.81. The van der Waals surface area contributed by atoms with Crippen LogP contribution in [0.25, 0.3) is 0 Å². The van der Waals surface area contributed by atoms with E-state index in [0.29, 0.717) is 6.04 Å². The van der Waals surface area contributed by atoms with Crippen molar-refractivity contribution in [2.24, 2.45) is 0 Å². The van der Waals surface area contributed by atoms with E-state index in [2.05, 4.69) is 37.4 Å². The fraction of sp³-hybridized carbons (Fsp3) is 0.538. The van der Waals surface area contributed by atoms with E-state index in [1.807, 2.05) is 0 Å². The van der Waals surface area contributed by atoms with E-state index < -0.39 is 0 Å². The second kappa shape index (κ2) is 4.67. The van der Waals surface area contributed by atoms with Crippen molar-refractivity contribution in [2.45, 2.75) is 32.7 Å². The summed E-state index contributed by atoms with van der Waals surface area (Å²) in [7, 11) is 0. The van der Waals surface area contributed by atoms with E-state index in [4.69, 9.17) is 4.74 Å². The number of aryl methyl sites for hydroxylation is 2. The Hall–Kier alpha value is -1.02. The lowest BCUT2D eigenvalue weighted by Gasteiger charge is -2.27. The highest BCUT2D eigenvalue weighted by Crippen LogP contribution is 2.18. The SMILES string of the molecule is CCc1cc(OCC2CCN2)ccc1C. The summed E-state index contributed by atoms with van der Waals surface area (Å²) in [5.41, 5.74) is 2.74. The van der Waals surface area contributed by atoms with Gasteiger partial charge in [-0.3, -0.25) is 0 Å². The fourth-order valence-electron chi connectivity index (χ4n) is 1.81. The zero-order chi connectivity index (χ0) is 10.7. The van der Waals surface area contributed by atoms with Crippen molar-refractivity contribution >= 4 is 0 Å². The maximum atomic E-state index is 5.74. The van der Waals surface area contributed by atoms with Gasteiger partial charge < -0.3 is 10.1 Å². The number of ether oxygens (including phenoxy) is 1. The van der Waals surface area contributed by atoms with Crippen molar-refractivity contribution in [3.8, 4) is 5.75 Å². The van der Waals surface area contributed by atoms with Crippen LogP contribution < -0.4 is 10.1 Å². The maximum absolute atomic E-state index is 5.74. The quantitative estimate of drug-likeness (QED) is 0.814. The molecular weight excluding hydrogens is 186 g/mol. The summed E-state index contributed by atoms with van der Waals surface area (Å²) < 4.78 is 5.74. The zero-order valence-corrected chi connectivity index (χ0v) is 9.55. The minimum absolute atomic E-state index is 0.566. The van der Waals surface area contributed by atoms with Crippen molar-refractivity contribution in [3.05, 3.63) is 29.3 Å². The molecule has 0 radical (unpaired) electrons. The van der Waals surface area contributed by atoms with Crippen molar-refractivity contribution in [1.82, 2.24) is 5.32 Å². The lowest BCUT2D eigenvalue weighted by atomic mass is 10.1. The highest BCUT2D eigenvalue weighted by Gasteiger charge is 2.16. The Morgan fingerprint density at radius 1 is 1.47 bits per heavy atom. The van der Waals surface area contributed by atoms with Gasteiger partial charge in [0, 0.05) is 6.04 Å². The minimum atomic E-state index is 0.566. The predicted octanol–water partition coefficient (Wildman–Crippen LogP) is 2.30. The molecule has 1 aromatic carbocycles.